The molecule has 9 heteroatoms. The van der Waals surface area contributed by atoms with Gasteiger partial charge in [0, 0.05) is 49.9 Å². The molecule has 0 spiro atoms. The van der Waals surface area contributed by atoms with E-state index in [0.29, 0.717) is 51.4 Å². The van der Waals surface area contributed by atoms with Crippen molar-refractivity contribution < 1.29 is 9.53 Å². The number of piperazine rings is 1. The fourth-order valence-electron chi connectivity index (χ4n) is 5.25. The van der Waals surface area contributed by atoms with Crippen molar-refractivity contribution in [1.82, 2.24) is 25.1 Å². The normalized spacial score (nSPS) is 23.3. The van der Waals surface area contributed by atoms with Gasteiger partial charge in [-0.1, -0.05) is 6.58 Å². The minimum Gasteiger partial charge on any atom is -0.462 e. The Labute approximate surface area is 196 Å². The van der Waals surface area contributed by atoms with Crippen LogP contribution in [-0.2, 0) is 17.9 Å². The number of aromatic nitrogens is 2. The van der Waals surface area contributed by atoms with E-state index in [-0.39, 0.29) is 23.9 Å². The summed E-state index contributed by atoms with van der Waals surface area (Å²) in [6, 6.07) is 2.79. The van der Waals surface area contributed by atoms with Gasteiger partial charge in [-0.25, -0.2) is 0 Å². The number of carbonyl (C=O) groups is 1. The molecule has 0 unspecified atom stereocenters. The van der Waals surface area contributed by atoms with Gasteiger partial charge >= 0.3 is 6.01 Å². The molecule has 2 saturated heterocycles. The average molecular weight is 454 g/mol. The first-order valence-corrected chi connectivity index (χ1v) is 11.9. The Morgan fingerprint density at radius 2 is 2.09 bits per heavy atom. The highest BCUT2D eigenvalue weighted by molar-refractivity contribution is 5.87. The molecule has 1 aromatic heterocycles. The fraction of sp³-hybridized carbons (Fsp3) is 0.667. The van der Waals surface area contributed by atoms with Crippen LogP contribution in [0.1, 0.15) is 51.3 Å². The smallest absolute Gasteiger partial charge is 0.318 e. The number of nitriles is 1. The Kier molecular flexibility index (Phi) is 6.86. The minimum absolute atomic E-state index is 0.108. The molecule has 9 nitrogen and oxygen atoms in total. The predicted octanol–water partition coefficient (Wildman–Crippen LogP) is 1.84. The molecule has 2 fully saturated rings. The highest BCUT2D eigenvalue weighted by Crippen LogP contribution is 2.30. The number of anilines is 1. The Balaban J connectivity index is 1.53. The zero-order valence-electron chi connectivity index (χ0n) is 20.0. The van der Waals surface area contributed by atoms with Gasteiger partial charge in [0.1, 0.15) is 12.4 Å². The highest BCUT2D eigenvalue weighted by atomic mass is 16.5. The Hall–Kier alpha value is -2.70. The third-order valence-corrected chi connectivity index (χ3v) is 6.86. The van der Waals surface area contributed by atoms with Crippen LogP contribution in [0, 0.1) is 11.3 Å². The minimum atomic E-state index is -0.197. The molecule has 1 amide bonds. The van der Waals surface area contributed by atoms with Gasteiger partial charge in [-0.2, -0.15) is 15.2 Å². The summed E-state index contributed by atoms with van der Waals surface area (Å²) in [7, 11) is 0. The van der Waals surface area contributed by atoms with Gasteiger partial charge in [-0.05, 0) is 46.2 Å². The molecule has 1 N–H and O–H groups in total. The number of carbonyl (C=O) groups excluding carboxylic acids is 1. The van der Waals surface area contributed by atoms with Crippen LogP contribution in [0.2, 0.25) is 0 Å². The molecule has 0 radical (unpaired) electrons. The van der Waals surface area contributed by atoms with Crippen LogP contribution in [0.4, 0.5) is 5.82 Å². The van der Waals surface area contributed by atoms with E-state index in [1.807, 2.05) is 0 Å². The molecule has 3 aliphatic heterocycles. The second kappa shape index (κ2) is 9.65. The summed E-state index contributed by atoms with van der Waals surface area (Å²) in [6.45, 7) is 15.1. The van der Waals surface area contributed by atoms with Crippen molar-refractivity contribution in [1.29, 1.82) is 5.26 Å². The van der Waals surface area contributed by atoms with Gasteiger partial charge in [0.25, 0.3) is 0 Å². The van der Waals surface area contributed by atoms with Gasteiger partial charge in [0.05, 0.1) is 24.2 Å². The molecule has 0 aliphatic carbocycles. The second-order valence-corrected chi connectivity index (χ2v) is 10.0. The van der Waals surface area contributed by atoms with Crippen molar-refractivity contribution in [2.24, 2.45) is 0 Å². The van der Waals surface area contributed by atoms with Crippen molar-refractivity contribution in [3.8, 4) is 12.1 Å². The van der Waals surface area contributed by atoms with Gasteiger partial charge < -0.3 is 19.9 Å². The monoisotopic (exact) mass is 453 g/mol. The van der Waals surface area contributed by atoms with E-state index in [2.05, 4.69) is 48.5 Å². The number of ether oxygens (including phenoxy) is 1. The number of hydrogen-bond acceptors (Lipinski definition) is 8. The molecule has 0 bridgehead atoms. The van der Waals surface area contributed by atoms with Crippen LogP contribution in [0.3, 0.4) is 0 Å². The number of nitrogens with zero attached hydrogens (tertiary/aromatic N) is 6. The molecular formula is C24H35N7O2. The van der Waals surface area contributed by atoms with Crippen molar-refractivity contribution >= 4 is 11.7 Å². The highest BCUT2D eigenvalue weighted by Gasteiger charge is 2.35. The maximum absolute atomic E-state index is 12.3. The van der Waals surface area contributed by atoms with Crippen LogP contribution in [-0.4, -0.2) is 76.1 Å². The first-order chi connectivity index (χ1) is 15.8. The lowest BCUT2D eigenvalue weighted by Crippen LogP contribution is -2.55. The van der Waals surface area contributed by atoms with Crippen LogP contribution in [0.15, 0.2) is 12.7 Å². The summed E-state index contributed by atoms with van der Waals surface area (Å²) >= 11 is 0. The molecule has 1 aromatic rings. The number of amides is 1. The molecule has 4 rings (SSSR count). The quantitative estimate of drug-likeness (QED) is 0.652. The lowest BCUT2D eigenvalue weighted by molar-refractivity contribution is -0.128. The zero-order chi connectivity index (χ0) is 23.6. The first-order valence-electron chi connectivity index (χ1n) is 11.9. The van der Waals surface area contributed by atoms with E-state index in [0.717, 1.165) is 30.0 Å². The van der Waals surface area contributed by atoms with E-state index in [1.54, 1.807) is 4.90 Å². The summed E-state index contributed by atoms with van der Waals surface area (Å²) in [5.74, 6) is 0.723. The lowest BCUT2D eigenvalue weighted by atomic mass is 10.1. The Morgan fingerprint density at radius 1 is 1.27 bits per heavy atom. The number of fused-ring (bicyclic) bond motifs is 1. The third kappa shape index (κ3) is 4.97. The van der Waals surface area contributed by atoms with Gasteiger partial charge in [0.2, 0.25) is 5.91 Å². The van der Waals surface area contributed by atoms with E-state index in [1.165, 1.54) is 12.5 Å². The second-order valence-electron chi connectivity index (χ2n) is 10.0. The molecule has 178 valence electrons. The van der Waals surface area contributed by atoms with E-state index < -0.39 is 0 Å². The molecular weight excluding hydrogens is 418 g/mol. The number of likely N-dealkylation sites (tertiary alicyclic amines) is 1. The number of nitrogens with one attached hydrogen (secondary N) is 1. The number of rotatable bonds is 6. The zero-order valence-corrected chi connectivity index (χ0v) is 20.0. The predicted molar refractivity (Wildman–Crippen MR) is 126 cm³/mol. The molecule has 3 aliphatic rings. The van der Waals surface area contributed by atoms with Gasteiger partial charge in [0.15, 0.2) is 0 Å². The molecule has 0 aromatic carbocycles. The topological polar surface area (TPSA) is 97.6 Å². The maximum Gasteiger partial charge on any atom is 0.318 e. The summed E-state index contributed by atoms with van der Waals surface area (Å²) in [4.78, 5) is 28.2. The summed E-state index contributed by atoms with van der Waals surface area (Å²) in [5.41, 5.74) is 2.16. The molecule has 2 atom stereocenters. The standard InChI is InChI=1S/C24H35N7O2/c1-5-21(32)30-12-11-29(15-17(30)8-9-25)22-19-13-26-14-20(19)27-23(28-22)33-16-18-7-6-10-31(18)24(2,3)4/h5,17-18,26H,1,6-8,10-16H2,2-4H3/t17-,18-/m0/s1. The summed E-state index contributed by atoms with van der Waals surface area (Å²) in [5, 5.41) is 12.7. The first kappa shape index (κ1) is 23.5. The van der Waals surface area contributed by atoms with Crippen molar-refractivity contribution in [2.75, 3.05) is 37.7 Å². The van der Waals surface area contributed by atoms with E-state index in [4.69, 9.17) is 14.7 Å². The van der Waals surface area contributed by atoms with Gasteiger partial charge in [-0.3, -0.25) is 9.69 Å². The molecule has 4 heterocycles. The number of hydrogen-bond donors (Lipinski definition) is 1. The van der Waals surface area contributed by atoms with Gasteiger partial charge in [-0.15, -0.1) is 0 Å². The Morgan fingerprint density at radius 3 is 2.82 bits per heavy atom. The summed E-state index contributed by atoms with van der Waals surface area (Å²) < 4.78 is 6.17. The van der Waals surface area contributed by atoms with Crippen LogP contribution < -0.4 is 15.0 Å². The van der Waals surface area contributed by atoms with E-state index >= 15 is 0 Å². The van der Waals surface area contributed by atoms with Crippen molar-refractivity contribution in [2.45, 2.75) is 70.7 Å². The molecule has 33 heavy (non-hydrogen) atoms. The average Bonchev–Trinajstić information content (AvgIpc) is 3.46. The van der Waals surface area contributed by atoms with Crippen LogP contribution in [0.25, 0.3) is 0 Å². The largest absolute Gasteiger partial charge is 0.462 e. The fourth-order valence-corrected chi connectivity index (χ4v) is 5.25. The summed E-state index contributed by atoms with van der Waals surface area (Å²) in [6.07, 6.45) is 3.89. The SMILES string of the molecule is C=CC(=O)N1CCN(c2nc(OC[C@@H]3CCCN3C(C)(C)C)nc3c2CNC3)C[C@@H]1CC#N. The van der Waals surface area contributed by atoms with Crippen LogP contribution in [0.5, 0.6) is 6.01 Å². The van der Waals surface area contributed by atoms with Crippen molar-refractivity contribution in [3.05, 3.63) is 23.9 Å². The lowest BCUT2D eigenvalue weighted by Gasteiger charge is -2.41. The maximum atomic E-state index is 12.3. The van der Waals surface area contributed by atoms with Crippen LogP contribution >= 0.6 is 0 Å². The molecule has 0 saturated carbocycles. The third-order valence-electron chi connectivity index (χ3n) is 6.86. The Bertz CT molecular complexity index is 936. The van der Waals surface area contributed by atoms with E-state index in [9.17, 15) is 10.1 Å². The van der Waals surface area contributed by atoms with Crippen molar-refractivity contribution in [3.63, 3.8) is 0 Å².